The fourth-order valence-electron chi connectivity index (χ4n) is 0.688. The van der Waals surface area contributed by atoms with Gasteiger partial charge in [-0.15, -0.1) is 0 Å². The Morgan fingerprint density at radius 2 is 2.23 bits per heavy atom. The first-order valence-corrected chi connectivity index (χ1v) is 6.10. The summed E-state index contributed by atoms with van der Waals surface area (Å²) in [5.74, 6) is 0.0586. The Hall–Kier alpha value is -0.620. The van der Waals surface area contributed by atoms with Gasteiger partial charge < -0.3 is 0 Å². The molecule has 0 aromatic carbocycles. The molecule has 1 rings (SSSR count). The maximum atomic E-state index is 11.1. The van der Waals surface area contributed by atoms with Crippen LogP contribution in [-0.4, -0.2) is 19.2 Å². The summed E-state index contributed by atoms with van der Waals surface area (Å²) in [6.45, 7) is 1.58. The average molecular weight is 265 g/mol. The fourth-order valence-corrected chi connectivity index (χ4v) is 1.55. The van der Waals surface area contributed by atoms with E-state index in [4.69, 9.17) is 0 Å². The molecule has 0 bridgehead atoms. The number of hydrogen-bond donors (Lipinski definition) is 1. The highest BCUT2D eigenvalue weighted by Crippen LogP contribution is 2.11. The van der Waals surface area contributed by atoms with E-state index in [2.05, 4.69) is 25.6 Å². The molecular weight excluding hydrogens is 256 g/mol. The van der Waals surface area contributed by atoms with Crippen LogP contribution < -0.4 is 4.72 Å². The summed E-state index contributed by atoms with van der Waals surface area (Å²) in [4.78, 5) is 3.89. The minimum absolute atomic E-state index is 0.0586. The molecule has 0 aliphatic heterocycles. The van der Waals surface area contributed by atoms with Crippen LogP contribution in [0.5, 0.6) is 0 Å². The molecule has 0 saturated heterocycles. The van der Waals surface area contributed by atoms with Crippen molar-refractivity contribution in [2.75, 3.05) is 10.5 Å². The molecule has 0 aliphatic carbocycles. The zero-order chi connectivity index (χ0) is 9.90. The molecule has 72 valence electrons. The van der Waals surface area contributed by atoms with Crippen molar-refractivity contribution >= 4 is 31.6 Å². The van der Waals surface area contributed by atoms with Crippen LogP contribution in [0.3, 0.4) is 0 Å². The summed E-state index contributed by atoms with van der Waals surface area (Å²) in [5, 5.41) is 0. The van der Waals surface area contributed by atoms with E-state index >= 15 is 0 Å². The predicted octanol–water partition coefficient (Wildman–Crippen LogP) is 1.61. The standard InChI is InChI=1S/C7H9BrN2O2S/c1-2-13(11,12)10-6-3-4-7(8)9-5-6/h3-5,10H,2H2,1H3. The molecule has 6 heteroatoms. The maximum absolute atomic E-state index is 11.1. The lowest BCUT2D eigenvalue weighted by Gasteiger charge is -2.04. The lowest BCUT2D eigenvalue weighted by molar-refractivity contribution is 0.602. The fraction of sp³-hybridized carbons (Fsp3) is 0.286. The van der Waals surface area contributed by atoms with Gasteiger partial charge in [0.1, 0.15) is 4.60 Å². The van der Waals surface area contributed by atoms with Crippen molar-refractivity contribution in [3.05, 3.63) is 22.9 Å². The molecule has 4 nitrogen and oxygen atoms in total. The van der Waals surface area contributed by atoms with Gasteiger partial charge in [0, 0.05) is 0 Å². The van der Waals surface area contributed by atoms with Crippen molar-refractivity contribution < 1.29 is 8.42 Å². The number of nitrogens with one attached hydrogen (secondary N) is 1. The van der Waals surface area contributed by atoms with Crippen LogP contribution in [0, 0.1) is 0 Å². The van der Waals surface area contributed by atoms with Gasteiger partial charge >= 0.3 is 0 Å². The molecule has 0 fully saturated rings. The Morgan fingerprint density at radius 1 is 1.54 bits per heavy atom. The molecule has 0 spiro atoms. The Labute approximate surface area is 85.6 Å². The van der Waals surface area contributed by atoms with E-state index in [0.29, 0.717) is 10.3 Å². The molecule has 0 atom stereocenters. The SMILES string of the molecule is CCS(=O)(=O)Nc1ccc(Br)nc1. The molecule has 13 heavy (non-hydrogen) atoms. The Kier molecular flexibility index (Phi) is 3.27. The van der Waals surface area contributed by atoms with E-state index in [1.54, 1.807) is 19.1 Å². The highest BCUT2D eigenvalue weighted by molar-refractivity contribution is 9.10. The van der Waals surface area contributed by atoms with Crippen molar-refractivity contribution in [1.82, 2.24) is 4.98 Å². The van der Waals surface area contributed by atoms with Crippen LogP contribution in [0.15, 0.2) is 22.9 Å². The molecule has 0 saturated carbocycles. The van der Waals surface area contributed by atoms with Crippen LogP contribution >= 0.6 is 15.9 Å². The van der Waals surface area contributed by atoms with E-state index in [1.807, 2.05) is 0 Å². The molecule has 0 radical (unpaired) electrons. The normalized spacial score (nSPS) is 11.2. The van der Waals surface area contributed by atoms with Crippen molar-refractivity contribution in [2.45, 2.75) is 6.92 Å². The second-order valence-corrected chi connectivity index (χ2v) is 5.20. The van der Waals surface area contributed by atoms with Gasteiger partial charge in [-0.3, -0.25) is 4.72 Å². The van der Waals surface area contributed by atoms with E-state index in [1.165, 1.54) is 6.20 Å². The molecule has 0 amide bonds. The summed E-state index contributed by atoms with van der Waals surface area (Å²) in [5.41, 5.74) is 0.477. The molecule has 0 unspecified atom stereocenters. The van der Waals surface area contributed by atoms with E-state index in [-0.39, 0.29) is 5.75 Å². The van der Waals surface area contributed by atoms with Gasteiger partial charge in [-0.25, -0.2) is 13.4 Å². The van der Waals surface area contributed by atoms with Crippen LogP contribution in [0.4, 0.5) is 5.69 Å². The molecule has 1 heterocycles. The number of aromatic nitrogens is 1. The summed E-state index contributed by atoms with van der Waals surface area (Å²) in [6, 6.07) is 3.32. The van der Waals surface area contributed by atoms with Gasteiger partial charge in [-0.2, -0.15) is 0 Å². The minimum Gasteiger partial charge on any atom is -0.282 e. The summed E-state index contributed by atoms with van der Waals surface area (Å²) in [6.07, 6.45) is 1.46. The Bertz CT molecular complexity index is 374. The predicted molar refractivity (Wildman–Crippen MR) is 55.0 cm³/mol. The smallest absolute Gasteiger partial charge is 0.232 e. The minimum atomic E-state index is -3.19. The summed E-state index contributed by atoms with van der Waals surface area (Å²) in [7, 11) is -3.19. The van der Waals surface area contributed by atoms with Crippen LogP contribution in [0.25, 0.3) is 0 Å². The number of anilines is 1. The number of halogens is 1. The van der Waals surface area contributed by atoms with E-state index in [9.17, 15) is 8.42 Å². The highest BCUT2D eigenvalue weighted by atomic mass is 79.9. The Morgan fingerprint density at radius 3 is 2.69 bits per heavy atom. The second kappa shape index (κ2) is 4.06. The first kappa shape index (κ1) is 10.5. The van der Waals surface area contributed by atoms with Crippen molar-refractivity contribution in [3.63, 3.8) is 0 Å². The second-order valence-electron chi connectivity index (χ2n) is 2.38. The van der Waals surface area contributed by atoms with Gasteiger partial charge in [-0.05, 0) is 35.0 Å². The zero-order valence-corrected chi connectivity index (χ0v) is 9.39. The van der Waals surface area contributed by atoms with Gasteiger partial charge in [0.15, 0.2) is 0 Å². The van der Waals surface area contributed by atoms with Crippen LogP contribution in [-0.2, 0) is 10.0 Å². The van der Waals surface area contributed by atoms with Crippen molar-refractivity contribution in [2.24, 2.45) is 0 Å². The van der Waals surface area contributed by atoms with Gasteiger partial charge in [0.05, 0.1) is 17.6 Å². The topological polar surface area (TPSA) is 59.1 Å². The highest BCUT2D eigenvalue weighted by Gasteiger charge is 2.05. The van der Waals surface area contributed by atoms with Gasteiger partial charge in [-0.1, -0.05) is 0 Å². The number of hydrogen-bond acceptors (Lipinski definition) is 3. The number of nitrogens with zero attached hydrogens (tertiary/aromatic N) is 1. The number of pyridine rings is 1. The monoisotopic (exact) mass is 264 g/mol. The molecule has 1 aromatic heterocycles. The van der Waals surface area contributed by atoms with E-state index in [0.717, 1.165) is 0 Å². The van der Waals surface area contributed by atoms with Crippen molar-refractivity contribution in [1.29, 1.82) is 0 Å². The lowest BCUT2D eigenvalue weighted by Crippen LogP contribution is -2.14. The first-order valence-electron chi connectivity index (χ1n) is 3.65. The largest absolute Gasteiger partial charge is 0.282 e. The summed E-state index contributed by atoms with van der Waals surface area (Å²) < 4.78 is 25.3. The lowest BCUT2D eigenvalue weighted by atomic mass is 10.4. The molecular formula is C7H9BrN2O2S. The quantitative estimate of drug-likeness (QED) is 0.844. The summed E-state index contributed by atoms with van der Waals surface area (Å²) >= 11 is 3.15. The zero-order valence-electron chi connectivity index (χ0n) is 6.99. The molecule has 1 N–H and O–H groups in total. The van der Waals surface area contributed by atoms with Crippen LogP contribution in [0.2, 0.25) is 0 Å². The van der Waals surface area contributed by atoms with E-state index < -0.39 is 10.0 Å². The average Bonchev–Trinajstić information content (AvgIpc) is 2.09. The maximum Gasteiger partial charge on any atom is 0.232 e. The third-order valence-corrected chi connectivity index (χ3v) is 3.16. The Balaban J connectivity index is 2.82. The third-order valence-electron chi connectivity index (χ3n) is 1.38. The molecule has 1 aromatic rings. The number of sulfonamides is 1. The van der Waals surface area contributed by atoms with Crippen LogP contribution in [0.1, 0.15) is 6.92 Å². The molecule has 0 aliphatic rings. The van der Waals surface area contributed by atoms with Gasteiger partial charge in [0.25, 0.3) is 0 Å². The number of rotatable bonds is 3. The third kappa shape index (κ3) is 3.31. The van der Waals surface area contributed by atoms with Crippen molar-refractivity contribution in [3.8, 4) is 0 Å². The first-order chi connectivity index (χ1) is 6.03. The van der Waals surface area contributed by atoms with Gasteiger partial charge in [0.2, 0.25) is 10.0 Å².